The molecule has 1 amide bonds. The van der Waals surface area contributed by atoms with Crippen molar-refractivity contribution in [2.75, 3.05) is 17.7 Å². The van der Waals surface area contributed by atoms with Crippen LogP contribution in [0.5, 0.6) is 5.75 Å². The molecule has 0 unspecified atom stereocenters. The third kappa shape index (κ3) is 5.69. The summed E-state index contributed by atoms with van der Waals surface area (Å²) < 4.78 is 12.8. The minimum atomic E-state index is -0.729. The monoisotopic (exact) mass is 508 g/mol. The van der Waals surface area contributed by atoms with Crippen molar-refractivity contribution in [1.29, 1.82) is 5.26 Å². The molecule has 0 atom stereocenters. The predicted octanol–water partition coefficient (Wildman–Crippen LogP) is 4.77. The van der Waals surface area contributed by atoms with E-state index in [4.69, 9.17) is 15.2 Å². The number of nitrogen functional groups attached to an aromatic ring is 1. The molecule has 0 aliphatic rings. The van der Waals surface area contributed by atoms with Gasteiger partial charge in [-0.05, 0) is 56.7 Å². The van der Waals surface area contributed by atoms with E-state index in [0.717, 1.165) is 5.56 Å². The van der Waals surface area contributed by atoms with Gasteiger partial charge < -0.3 is 19.8 Å². The molecule has 2 heterocycles. The number of aryl methyl sites for hydroxylation is 1. The van der Waals surface area contributed by atoms with Crippen molar-refractivity contribution in [3.8, 4) is 23.7 Å². The molecule has 2 aromatic heterocycles. The van der Waals surface area contributed by atoms with Crippen LogP contribution in [0.2, 0.25) is 0 Å². The number of benzene rings is 2. The number of carbonyl (C=O) groups excluding carboxylic acids is 1. The van der Waals surface area contributed by atoms with Crippen LogP contribution >= 0.6 is 0 Å². The molecule has 0 saturated carbocycles. The number of ether oxygens (including phenoxy) is 2. The van der Waals surface area contributed by atoms with Gasteiger partial charge in [0.2, 0.25) is 0 Å². The molecule has 4 rings (SSSR count). The zero-order valence-corrected chi connectivity index (χ0v) is 21.9. The van der Waals surface area contributed by atoms with Crippen LogP contribution in [-0.2, 0) is 18.3 Å². The summed E-state index contributed by atoms with van der Waals surface area (Å²) in [5.41, 5.74) is 9.26. The van der Waals surface area contributed by atoms with Crippen LogP contribution in [0.25, 0.3) is 11.0 Å². The van der Waals surface area contributed by atoms with E-state index in [0.29, 0.717) is 33.5 Å². The first-order chi connectivity index (χ1) is 18.1. The van der Waals surface area contributed by atoms with Crippen LogP contribution in [0, 0.1) is 23.2 Å². The smallest absolute Gasteiger partial charge is 0.416 e. The number of amides is 1. The highest BCUT2D eigenvalue weighted by atomic mass is 16.6. The summed E-state index contributed by atoms with van der Waals surface area (Å²) in [6.07, 6.45) is 1.04. The van der Waals surface area contributed by atoms with E-state index >= 15 is 0 Å². The Kier molecular flexibility index (Phi) is 7.22. The van der Waals surface area contributed by atoms with E-state index < -0.39 is 11.7 Å². The van der Waals surface area contributed by atoms with E-state index in [1.807, 2.05) is 37.4 Å². The quantitative estimate of drug-likeness (QED) is 0.394. The highest BCUT2D eigenvalue weighted by Crippen LogP contribution is 2.31. The second-order valence-electron chi connectivity index (χ2n) is 9.61. The number of carbonyl (C=O) groups is 1. The summed E-state index contributed by atoms with van der Waals surface area (Å²) >= 11 is 0. The van der Waals surface area contributed by atoms with Crippen molar-refractivity contribution in [2.45, 2.75) is 32.9 Å². The fourth-order valence-electron chi connectivity index (χ4n) is 3.80. The van der Waals surface area contributed by atoms with Gasteiger partial charge in [0.15, 0.2) is 5.82 Å². The van der Waals surface area contributed by atoms with E-state index in [9.17, 15) is 10.1 Å². The number of nitrogens with zero attached hydrogens (tertiary/aromatic N) is 5. The van der Waals surface area contributed by atoms with Crippen LogP contribution < -0.4 is 15.4 Å². The molecule has 9 heteroatoms. The van der Waals surface area contributed by atoms with Gasteiger partial charge >= 0.3 is 6.09 Å². The maximum absolute atomic E-state index is 13.4. The molecule has 9 nitrogen and oxygen atoms in total. The van der Waals surface area contributed by atoms with Crippen LogP contribution in [0.1, 0.15) is 43.0 Å². The fraction of sp³-hybridized carbons (Fsp3) is 0.241. The molecule has 0 bridgehead atoms. The van der Waals surface area contributed by atoms with Crippen LogP contribution in [0.3, 0.4) is 0 Å². The maximum atomic E-state index is 13.4. The van der Waals surface area contributed by atoms with Gasteiger partial charge in [-0.1, -0.05) is 30.0 Å². The summed E-state index contributed by atoms with van der Waals surface area (Å²) in [7, 11) is 3.42. The molecular formula is C29H28N6O3. The molecule has 0 spiro atoms. The van der Waals surface area contributed by atoms with Gasteiger partial charge in [0.1, 0.15) is 22.7 Å². The lowest BCUT2D eigenvalue weighted by molar-refractivity contribution is 0.0576. The van der Waals surface area contributed by atoms with E-state index in [1.54, 1.807) is 57.0 Å². The number of hydrogen-bond acceptors (Lipinski definition) is 7. The first-order valence-corrected chi connectivity index (χ1v) is 11.9. The maximum Gasteiger partial charge on any atom is 0.416 e. The highest BCUT2D eigenvalue weighted by molar-refractivity contribution is 6.00. The molecule has 4 aromatic rings. The Bertz CT molecular complexity index is 1600. The van der Waals surface area contributed by atoms with Gasteiger partial charge in [0, 0.05) is 12.6 Å². The summed E-state index contributed by atoms with van der Waals surface area (Å²) in [6.45, 7) is 5.57. The molecule has 0 fully saturated rings. The van der Waals surface area contributed by atoms with Crippen LogP contribution in [0.4, 0.5) is 16.4 Å². The van der Waals surface area contributed by atoms with Crippen molar-refractivity contribution in [2.24, 2.45) is 7.05 Å². The van der Waals surface area contributed by atoms with E-state index in [2.05, 4.69) is 27.9 Å². The third-order valence-corrected chi connectivity index (χ3v) is 5.56. The first-order valence-electron chi connectivity index (χ1n) is 11.9. The molecule has 0 aliphatic carbocycles. The minimum absolute atomic E-state index is 0.142. The molecule has 0 radical (unpaired) electrons. The zero-order valence-electron chi connectivity index (χ0n) is 21.9. The molecular weight excluding hydrogens is 480 g/mol. The highest BCUT2D eigenvalue weighted by Gasteiger charge is 2.28. The van der Waals surface area contributed by atoms with Crippen molar-refractivity contribution in [3.05, 3.63) is 77.1 Å². The number of fused-ring (bicyclic) bond motifs is 1. The molecule has 2 aromatic carbocycles. The Labute approximate surface area is 221 Å². The molecule has 38 heavy (non-hydrogen) atoms. The third-order valence-electron chi connectivity index (χ3n) is 5.56. The van der Waals surface area contributed by atoms with Gasteiger partial charge in [0.25, 0.3) is 0 Å². The second kappa shape index (κ2) is 10.5. The summed E-state index contributed by atoms with van der Waals surface area (Å²) in [6, 6.07) is 16.5. The predicted molar refractivity (Wildman–Crippen MR) is 145 cm³/mol. The number of imidazole rings is 1. The fourth-order valence-corrected chi connectivity index (χ4v) is 3.80. The number of nitriles is 1. The summed E-state index contributed by atoms with van der Waals surface area (Å²) in [5, 5.41) is 9.18. The normalized spacial score (nSPS) is 10.8. The second-order valence-corrected chi connectivity index (χ2v) is 9.61. The Morgan fingerprint density at radius 3 is 2.50 bits per heavy atom. The van der Waals surface area contributed by atoms with Crippen LogP contribution in [0.15, 0.2) is 54.9 Å². The number of pyridine rings is 1. The van der Waals surface area contributed by atoms with Crippen molar-refractivity contribution >= 4 is 28.8 Å². The number of nitrogens with two attached hydrogens (primary N) is 1. The Morgan fingerprint density at radius 2 is 1.84 bits per heavy atom. The van der Waals surface area contributed by atoms with Gasteiger partial charge in [0.05, 0.1) is 42.7 Å². The number of methoxy groups -OCH3 is 1. The van der Waals surface area contributed by atoms with E-state index in [1.165, 1.54) is 4.90 Å². The van der Waals surface area contributed by atoms with Gasteiger partial charge in [-0.3, -0.25) is 4.90 Å². The average molecular weight is 509 g/mol. The topological polar surface area (TPSA) is 119 Å². The first kappa shape index (κ1) is 26.1. The van der Waals surface area contributed by atoms with Crippen molar-refractivity contribution in [1.82, 2.24) is 14.5 Å². The van der Waals surface area contributed by atoms with Gasteiger partial charge in [-0.2, -0.15) is 5.26 Å². The van der Waals surface area contributed by atoms with Crippen LogP contribution in [-0.4, -0.2) is 33.3 Å². The zero-order chi connectivity index (χ0) is 27.4. The summed E-state index contributed by atoms with van der Waals surface area (Å²) in [4.78, 5) is 24.0. The molecule has 0 saturated heterocycles. The summed E-state index contributed by atoms with van der Waals surface area (Å²) in [5.74, 6) is 7.26. The minimum Gasteiger partial charge on any atom is -0.497 e. The van der Waals surface area contributed by atoms with Crippen molar-refractivity contribution < 1.29 is 14.3 Å². The number of anilines is 2. The lowest BCUT2D eigenvalue weighted by atomic mass is 10.1. The van der Waals surface area contributed by atoms with Gasteiger partial charge in [-0.25, -0.2) is 14.8 Å². The molecule has 0 aliphatic heterocycles. The SMILES string of the molecule is COc1ccc(CN(C(=O)OC(C)(C)C)c2nc(N)c(C#Cc3cccc(C#N)c3)c3c2ncn3C)cc1. The Morgan fingerprint density at radius 1 is 1.13 bits per heavy atom. The lowest BCUT2D eigenvalue weighted by Gasteiger charge is -2.27. The van der Waals surface area contributed by atoms with E-state index in [-0.39, 0.29) is 18.2 Å². The number of rotatable bonds is 4. The standard InChI is InChI=1S/C29H28N6O3/c1-29(2,3)38-28(36)35(17-20-9-12-22(37-5)13-10-20)27-24-25(34(4)18-32-24)23(26(31)33-27)14-11-19-7-6-8-21(15-19)16-30/h6-10,12-13,15,18H,17H2,1-5H3,(H2,31,33). The Hall–Kier alpha value is -5.02. The van der Waals surface area contributed by atoms with Crippen molar-refractivity contribution in [3.63, 3.8) is 0 Å². The van der Waals surface area contributed by atoms with Gasteiger partial charge in [-0.15, -0.1) is 0 Å². The molecule has 2 N–H and O–H groups in total. The Balaban J connectivity index is 1.84. The largest absolute Gasteiger partial charge is 0.497 e. The molecule has 192 valence electrons. The number of hydrogen-bond donors (Lipinski definition) is 1. The lowest BCUT2D eigenvalue weighted by Crippen LogP contribution is -2.37. The average Bonchev–Trinajstić information content (AvgIpc) is 3.27. The number of aromatic nitrogens is 3.